The fourth-order valence-corrected chi connectivity index (χ4v) is 0.973. The molecular formula is C8H12FIO2. The lowest BCUT2D eigenvalue weighted by molar-refractivity contribution is -0.140. The van der Waals surface area contributed by atoms with E-state index in [4.69, 9.17) is 0 Å². The van der Waals surface area contributed by atoms with Gasteiger partial charge in [0.15, 0.2) is 0 Å². The van der Waals surface area contributed by atoms with Gasteiger partial charge in [-0.2, -0.15) is 0 Å². The molecule has 0 saturated heterocycles. The number of allylic oxidation sites excluding steroid dienone is 2. The summed E-state index contributed by atoms with van der Waals surface area (Å²) in [5, 5.41) is 0. The van der Waals surface area contributed by atoms with Gasteiger partial charge in [-0.05, 0) is 12.8 Å². The van der Waals surface area contributed by atoms with Crippen LogP contribution in [0.5, 0.6) is 0 Å². The summed E-state index contributed by atoms with van der Waals surface area (Å²) in [6.07, 6.45) is 3.12. The van der Waals surface area contributed by atoms with Crippen molar-refractivity contribution in [2.24, 2.45) is 0 Å². The summed E-state index contributed by atoms with van der Waals surface area (Å²) in [5.41, 5.74) is 0. The number of unbranched alkanes of at least 4 members (excludes halogenated alkanes) is 1. The van der Waals surface area contributed by atoms with E-state index in [0.29, 0.717) is 23.7 Å². The Bertz CT molecular complexity index is 168. The van der Waals surface area contributed by atoms with Gasteiger partial charge in [-0.25, -0.2) is 4.39 Å². The number of halogens is 2. The molecule has 0 aliphatic rings. The first kappa shape index (κ1) is 11.9. The summed E-state index contributed by atoms with van der Waals surface area (Å²) in [7, 11) is 1.35. The Kier molecular flexibility index (Phi) is 7.43. The number of hydrogen-bond donors (Lipinski definition) is 0. The number of carbonyl (C=O) groups is 1. The Morgan fingerprint density at radius 3 is 2.83 bits per heavy atom. The molecule has 0 aromatic rings. The first-order valence-electron chi connectivity index (χ1n) is 3.68. The fourth-order valence-electron chi connectivity index (χ4n) is 0.662. The lowest BCUT2D eigenvalue weighted by Crippen LogP contribution is -1.98. The number of ether oxygens (including phenoxy) is 1. The van der Waals surface area contributed by atoms with Crippen molar-refractivity contribution in [1.29, 1.82) is 0 Å². The third-order valence-electron chi connectivity index (χ3n) is 1.31. The first-order valence-corrected chi connectivity index (χ1v) is 5.20. The molecule has 0 aliphatic carbocycles. The molecule has 0 amide bonds. The lowest BCUT2D eigenvalue weighted by Gasteiger charge is -1.95. The highest BCUT2D eigenvalue weighted by molar-refractivity contribution is 14.1. The number of carbonyl (C=O) groups excluding carboxylic acids is 1. The van der Waals surface area contributed by atoms with Crippen molar-refractivity contribution >= 4 is 28.6 Å². The average Bonchev–Trinajstić information content (AvgIpc) is 2.11. The molecule has 0 heterocycles. The summed E-state index contributed by atoms with van der Waals surface area (Å²) < 4.78 is 17.3. The molecule has 0 bridgehead atoms. The maximum Gasteiger partial charge on any atom is 0.305 e. The van der Waals surface area contributed by atoms with E-state index in [2.05, 4.69) is 4.74 Å². The molecule has 0 fully saturated rings. The van der Waals surface area contributed by atoms with E-state index in [-0.39, 0.29) is 11.8 Å². The Morgan fingerprint density at radius 2 is 2.33 bits per heavy atom. The van der Waals surface area contributed by atoms with Crippen LogP contribution in [0.4, 0.5) is 4.39 Å². The zero-order chi connectivity index (χ0) is 9.40. The largest absolute Gasteiger partial charge is 0.469 e. The first-order chi connectivity index (χ1) is 5.70. The topological polar surface area (TPSA) is 26.3 Å². The van der Waals surface area contributed by atoms with Crippen LogP contribution in [0.2, 0.25) is 0 Å². The Morgan fingerprint density at radius 1 is 1.67 bits per heavy atom. The summed E-state index contributed by atoms with van der Waals surface area (Å²) in [6.45, 7) is 0. The van der Waals surface area contributed by atoms with E-state index in [0.717, 1.165) is 0 Å². The number of methoxy groups -OCH3 is 1. The summed E-state index contributed by atoms with van der Waals surface area (Å²) >= 11 is 1.95. The number of alkyl halides is 1. The molecule has 0 aliphatic heterocycles. The number of hydrogen-bond acceptors (Lipinski definition) is 2. The zero-order valence-corrected chi connectivity index (χ0v) is 9.14. The van der Waals surface area contributed by atoms with Gasteiger partial charge in [0.25, 0.3) is 0 Å². The molecule has 0 spiro atoms. The number of esters is 1. The molecule has 0 unspecified atom stereocenters. The van der Waals surface area contributed by atoms with Crippen LogP contribution in [-0.2, 0) is 9.53 Å². The van der Waals surface area contributed by atoms with Crippen molar-refractivity contribution in [3.63, 3.8) is 0 Å². The molecule has 0 rings (SSSR count). The smallest absolute Gasteiger partial charge is 0.305 e. The van der Waals surface area contributed by atoms with Crippen LogP contribution in [0.3, 0.4) is 0 Å². The minimum atomic E-state index is -0.238. The van der Waals surface area contributed by atoms with E-state index in [1.807, 2.05) is 22.6 Å². The van der Waals surface area contributed by atoms with Crippen LogP contribution >= 0.6 is 22.6 Å². The van der Waals surface area contributed by atoms with Gasteiger partial charge in [-0.15, -0.1) is 0 Å². The minimum Gasteiger partial charge on any atom is -0.469 e. The normalized spacial score (nSPS) is 11.4. The number of rotatable bonds is 5. The Labute approximate surface area is 85.3 Å². The Hall–Kier alpha value is -0.130. The van der Waals surface area contributed by atoms with Crippen molar-refractivity contribution in [1.82, 2.24) is 0 Å². The summed E-state index contributed by atoms with van der Waals surface area (Å²) in [4.78, 5) is 10.6. The van der Waals surface area contributed by atoms with Crippen molar-refractivity contribution in [2.75, 3.05) is 11.5 Å². The molecule has 0 aromatic carbocycles. The average molecular weight is 286 g/mol. The highest BCUT2D eigenvalue weighted by Gasteiger charge is 1.98. The van der Waals surface area contributed by atoms with E-state index in [1.165, 1.54) is 13.2 Å². The second-order valence-electron chi connectivity index (χ2n) is 2.25. The SMILES string of the molecule is COC(=O)CCC/C=C(\F)CI. The monoisotopic (exact) mass is 286 g/mol. The molecule has 2 nitrogen and oxygen atoms in total. The Balaban J connectivity index is 3.38. The second-order valence-corrected chi connectivity index (χ2v) is 3.02. The molecule has 0 aromatic heterocycles. The molecule has 0 radical (unpaired) electrons. The lowest BCUT2D eigenvalue weighted by atomic mass is 10.2. The van der Waals surface area contributed by atoms with Crippen LogP contribution in [-0.4, -0.2) is 17.5 Å². The molecular weight excluding hydrogens is 274 g/mol. The molecule has 0 atom stereocenters. The van der Waals surface area contributed by atoms with Crippen LogP contribution in [0.25, 0.3) is 0 Å². The van der Waals surface area contributed by atoms with Crippen molar-refractivity contribution in [2.45, 2.75) is 19.3 Å². The van der Waals surface area contributed by atoms with Crippen molar-refractivity contribution < 1.29 is 13.9 Å². The molecule has 12 heavy (non-hydrogen) atoms. The maximum atomic E-state index is 12.5. The van der Waals surface area contributed by atoms with E-state index in [9.17, 15) is 9.18 Å². The van der Waals surface area contributed by atoms with Gasteiger partial charge in [-0.3, -0.25) is 4.79 Å². The third kappa shape index (κ3) is 6.57. The highest BCUT2D eigenvalue weighted by atomic mass is 127. The third-order valence-corrected chi connectivity index (χ3v) is 2.03. The van der Waals surface area contributed by atoms with E-state index < -0.39 is 0 Å². The minimum absolute atomic E-state index is 0.125. The van der Waals surface area contributed by atoms with Crippen LogP contribution in [0.1, 0.15) is 19.3 Å². The van der Waals surface area contributed by atoms with Gasteiger partial charge in [0.1, 0.15) is 5.83 Å². The summed E-state index contributed by atoms with van der Waals surface area (Å²) in [6, 6.07) is 0. The van der Waals surface area contributed by atoms with Crippen LogP contribution < -0.4 is 0 Å². The van der Waals surface area contributed by atoms with Gasteiger partial charge in [0.05, 0.1) is 11.5 Å². The van der Waals surface area contributed by atoms with Gasteiger partial charge < -0.3 is 4.74 Å². The second kappa shape index (κ2) is 7.52. The van der Waals surface area contributed by atoms with Gasteiger partial charge in [0, 0.05) is 6.42 Å². The molecule has 4 heteroatoms. The van der Waals surface area contributed by atoms with Gasteiger partial charge in [-0.1, -0.05) is 28.7 Å². The molecule has 0 N–H and O–H groups in total. The van der Waals surface area contributed by atoms with Gasteiger partial charge >= 0.3 is 5.97 Å². The maximum absolute atomic E-state index is 12.5. The summed E-state index contributed by atoms with van der Waals surface area (Å²) in [5.74, 6) is -0.362. The van der Waals surface area contributed by atoms with Crippen molar-refractivity contribution in [3.05, 3.63) is 11.9 Å². The van der Waals surface area contributed by atoms with Crippen LogP contribution in [0, 0.1) is 0 Å². The van der Waals surface area contributed by atoms with E-state index in [1.54, 1.807) is 0 Å². The van der Waals surface area contributed by atoms with Crippen LogP contribution in [0.15, 0.2) is 11.9 Å². The predicted molar refractivity (Wildman–Crippen MR) is 53.9 cm³/mol. The van der Waals surface area contributed by atoms with Crippen molar-refractivity contribution in [3.8, 4) is 0 Å². The van der Waals surface area contributed by atoms with Gasteiger partial charge in [0.2, 0.25) is 0 Å². The highest BCUT2D eigenvalue weighted by Crippen LogP contribution is 2.06. The van der Waals surface area contributed by atoms with E-state index >= 15 is 0 Å². The zero-order valence-electron chi connectivity index (χ0n) is 6.98. The quantitative estimate of drug-likeness (QED) is 0.336. The fraction of sp³-hybridized carbons (Fsp3) is 0.625. The predicted octanol–water partition coefficient (Wildman–Crippen LogP) is 2.62. The molecule has 0 saturated carbocycles. The standard InChI is InChI=1S/C8H12FIO2/c1-12-8(11)5-3-2-4-7(9)6-10/h4H,2-3,5-6H2,1H3/b7-4-. The molecule has 70 valence electrons.